The van der Waals surface area contributed by atoms with Crippen molar-refractivity contribution in [3.05, 3.63) is 24.5 Å². The number of hydrogen-bond acceptors (Lipinski definition) is 5. The van der Waals surface area contributed by atoms with Crippen LogP contribution in [-0.4, -0.2) is 63.9 Å². The number of aromatic nitrogens is 2. The molecule has 1 aliphatic heterocycles. The minimum Gasteiger partial charge on any atom is -0.394 e. The first kappa shape index (κ1) is 15.0. The maximum Gasteiger partial charge on any atom is 0.144 e. The van der Waals surface area contributed by atoms with Gasteiger partial charge >= 0.3 is 0 Å². The molecule has 0 bridgehead atoms. The molecular formula is C15H20N4O3. The molecule has 3 heterocycles. The van der Waals surface area contributed by atoms with Gasteiger partial charge in [-0.25, -0.2) is 9.98 Å². The highest BCUT2D eigenvalue weighted by atomic mass is 16.5. The summed E-state index contributed by atoms with van der Waals surface area (Å²) < 4.78 is 7.57. The van der Waals surface area contributed by atoms with Gasteiger partial charge in [0.05, 0.1) is 24.7 Å². The summed E-state index contributed by atoms with van der Waals surface area (Å²) >= 11 is 0. The first-order valence-electron chi connectivity index (χ1n) is 7.20. The number of aliphatic hydroxyl groups is 2. The molecule has 0 spiro atoms. The molecule has 2 aromatic rings. The van der Waals surface area contributed by atoms with Gasteiger partial charge in [0.1, 0.15) is 18.0 Å². The summed E-state index contributed by atoms with van der Waals surface area (Å²) in [5.74, 6) is 0. The molecule has 0 unspecified atom stereocenters. The van der Waals surface area contributed by atoms with Gasteiger partial charge in [0, 0.05) is 38.3 Å². The summed E-state index contributed by atoms with van der Waals surface area (Å²) in [5.41, 5.74) is 1.58. The van der Waals surface area contributed by atoms with Crippen molar-refractivity contribution >= 4 is 23.1 Å². The molecule has 0 radical (unpaired) electrons. The summed E-state index contributed by atoms with van der Waals surface area (Å²) in [6, 6.07) is 3.79. The molecule has 0 amide bonds. The van der Waals surface area contributed by atoms with E-state index in [0.717, 1.165) is 16.7 Å². The number of aliphatic imine (C=N–C) groups is 1. The van der Waals surface area contributed by atoms with Crippen molar-refractivity contribution in [3.63, 3.8) is 0 Å². The van der Waals surface area contributed by atoms with E-state index in [-0.39, 0.29) is 12.8 Å². The smallest absolute Gasteiger partial charge is 0.144 e. The molecule has 0 saturated carbocycles. The Bertz CT molecular complexity index is 682. The summed E-state index contributed by atoms with van der Waals surface area (Å²) in [5, 5.41) is 20.0. The third-order valence-electron chi connectivity index (χ3n) is 3.71. The lowest BCUT2D eigenvalue weighted by Crippen LogP contribution is -2.24. The topological polar surface area (TPSA) is 83.1 Å². The van der Waals surface area contributed by atoms with Crippen LogP contribution in [0.5, 0.6) is 0 Å². The number of nitrogens with zero attached hydrogens (tertiary/aromatic N) is 4. The van der Waals surface area contributed by atoms with Gasteiger partial charge in [-0.3, -0.25) is 0 Å². The average Bonchev–Trinajstić information content (AvgIpc) is 3.08. The summed E-state index contributed by atoms with van der Waals surface area (Å²) in [6.45, 7) is -0.192. The van der Waals surface area contributed by atoms with Crippen LogP contribution >= 0.6 is 0 Å². The molecule has 118 valence electrons. The lowest BCUT2D eigenvalue weighted by atomic mass is 10.2. The number of hydrogen-bond donors (Lipinski definition) is 2. The van der Waals surface area contributed by atoms with Gasteiger partial charge in [-0.1, -0.05) is 0 Å². The molecule has 2 N–H and O–H groups in total. The SMILES string of the molecule is CN(C)/C=N\c1ccnc2c1ccn2[C@H]1C[C@H](O)[C@@H](CO)O1. The van der Waals surface area contributed by atoms with Gasteiger partial charge in [-0.2, -0.15) is 0 Å². The molecule has 3 atom stereocenters. The lowest BCUT2D eigenvalue weighted by molar-refractivity contribution is -0.0430. The van der Waals surface area contributed by atoms with Crippen LogP contribution < -0.4 is 0 Å². The Kier molecular flexibility index (Phi) is 4.10. The molecule has 3 rings (SSSR count). The van der Waals surface area contributed by atoms with E-state index in [1.807, 2.05) is 41.9 Å². The van der Waals surface area contributed by atoms with E-state index in [0.29, 0.717) is 6.42 Å². The Labute approximate surface area is 128 Å². The Hall–Kier alpha value is -1.96. The quantitative estimate of drug-likeness (QED) is 0.648. The number of aliphatic hydroxyl groups excluding tert-OH is 2. The van der Waals surface area contributed by atoms with Crippen LogP contribution in [0.4, 0.5) is 5.69 Å². The van der Waals surface area contributed by atoms with E-state index in [1.54, 1.807) is 12.5 Å². The third kappa shape index (κ3) is 2.70. The number of pyridine rings is 1. The van der Waals surface area contributed by atoms with E-state index in [9.17, 15) is 10.2 Å². The Morgan fingerprint density at radius 1 is 1.50 bits per heavy atom. The molecule has 1 aliphatic rings. The van der Waals surface area contributed by atoms with Crippen LogP contribution in [0.2, 0.25) is 0 Å². The highest BCUT2D eigenvalue weighted by Gasteiger charge is 2.34. The minimum atomic E-state index is -0.664. The third-order valence-corrected chi connectivity index (χ3v) is 3.71. The van der Waals surface area contributed by atoms with Gasteiger partial charge < -0.3 is 24.4 Å². The first-order valence-corrected chi connectivity index (χ1v) is 7.20. The van der Waals surface area contributed by atoms with Gasteiger partial charge in [0.25, 0.3) is 0 Å². The van der Waals surface area contributed by atoms with Crippen molar-refractivity contribution in [2.75, 3.05) is 20.7 Å². The van der Waals surface area contributed by atoms with Gasteiger partial charge in [-0.05, 0) is 12.1 Å². The van der Waals surface area contributed by atoms with Crippen LogP contribution in [0.15, 0.2) is 29.5 Å². The van der Waals surface area contributed by atoms with E-state index < -0.39 is 12.2 Å². The molecule has 1 saturated heterocycles. The van der Waals surface area contributed by atoms with E-state index in [2.05, 4.69) is 9.98 Å². The maximum atomic E-state index is 9.88. The normalized spacial score (nSPS) is 25.4. The van der Waals surface area contributed by atoms with Gasteiger partial charge in [0.2, 0.25) is 0 Å². The highest BCUT2D eigenvalue weighted by Crippen LogP contribution is 2.33. The van der Waals surface area contributed by atoms with E-state index in [1.165, 1.54) is 0 Å². The van der Waals surface area contributed by atoms with Crippen LogP contribution in [-0.2, 0) is 4.74 Å². The zero-order valence-electron chi connectivity index (χ0n) is 12.6. The fourth-order valence-corrected chi connectivity index (χ4v) is 2.62. The largest absolute Gasteiger partial charge is 0.394 e. The second-order valence-corrected chi connectivity index (χ2v) is 5.61. The Morgan fingerprint density at radius 3 is 3.00 bits per heavy atom. The first-order chi connectivity index (χ1) is 10.6. The maximum absolute atomic E-state index is 9.88. The van der Waals surface area contributed by atoms with Crippen LogP contribution in [0.25, 0.3) is 11.0 Å². The molecule has 22 heavy (non-hydrogen) atoms. The van der Waals surface area contributed by atoms with Crippen LogP contribution in [0.1, 0.15) is 12.6 Å². The van der Waals surface area contributed by atoms with Gasteiger partial charge in [-0.15, -0.1) is 0 Å². The molecule has 7 heteroatoms. The minimum absolute atomic E-state index is 0.192. The van der Waals surface area contributed by atoms with Crippen molar-refractivity contribution in [2.45, 2.75) is 24.9 Å². The average molecular weight is 304 g/mol. The lowest BCUT2D eigenvalue weighted by Gasteiger charge is -2.14. The van der Waals surface area contributed by atoms with Gasteiger partial charge in [0.15, 0.2) is 0 Å². The second-order valence-electron chi connectivity index (χ2n) is 5.61. The zero-order valence-corrected chi connectivity index (χ0v) is 12.6. The van der Waals surface area contributed by atoms with Crippen molar-refractivity contribution < 1.29 is 14.9 Å². The van der Waals surface area contributed by atoms with Crippen molar-refractivity contribution in [1.82, 2.24) is 14.5 Å². The predicted molar refractivity (Wildman–Crippen MR) is 83.2 cm³/mol. The number of ether oxygens (including phenoxy) is 1. The highest BCUT2D eigenvalue weighted by molar-refractivity contribution is 5.89. The predicted octanol–water partition coefficient (Wildman–Crippen LogP) is 0.898. The summed E-state index contributed by atoms with van der Waals surface area (Å²) in [4.78, 5) is 10.7. The number of rotatable bonds is 4. The summed E-state index contributed by atoms with van der Waals surface area (Å²) in [7, 11) is 3.83. The molecule has 2 aromatic heterocycles. The Balaban J connectivity index is 1.95. The molecule has 0 aliphatic carbocycles. The van der Waals surface area contributed by atoms with Crippen molar-refractivity contribution in [2.24, 2.45) is 4.99 Å². The number of fused-ring (bicyclic) bond motifs is 1. The Morgan fingerprint density at radius 2 is 2.32 bits per heavy atom. The van der Waals surface area contributed by atoms with E-state index >= 15 is 0 Å². The van der Waals surface area contributed by atoms with Crippen molar-refractivity contribution in [3.8, 4) is 0 Å². The fourth-order valence-electron chi connectivity index (χ4n) is 2.62. The zero-order chi connectivity index (χ0) is 15.7. The van der Waals surface area contributed by atoms with E-state index in [4.69, 9.17) is 4.74 Å². The molecule has 1 fully saturated rings. The fraction of sp³-hybridized carbons (Fsp3) is 0.467. The van der Waals surface area contributed by atoms with Crippen LogP contribution in [0.3, 0.4) is 0 Å². The summed E-state index contributed by atoms with van der Waals surface area (Å²) in [6.07, 6.45) is 4.22. The molecule has 7 nitrogen and oxygen atoms in total. The van der Waals surface area contributed by atoms with Crippen molar-refractivity contribution in [1.29, 1.82) is 0 Å². The standard InChI is InChI=1S/C15H20N4O3/c1-18(2)9-17-11-3-5-16-15-10(11)4-6-19(15)14-7-12(21)13(8-20)22-14/h3-6,9,12-14,20-21H,7-8H2,1-2H3/b17-9-/t12-,13+,14+/m0/s1. The van der Waals surface area contributed by atoms with Crippen LogP contribution in [0, 0.1) is 0 Å². The molecule has 0 aromatic carbocycles. The second kappa shape index (κ2) is 6.04. The molecular weight excluding hydrogens is 284 g/mol. The monoisotopic (exact) mass is 304 g/mol.